The monoisotopic (exact) mass is 379 g/mol. The van der Waals surface area contributed by atoms with Crippen LogP contribution in [0, 0.1) is 29.1 Å². The van der Waals surface area contributed by atoms with Gasteiger partial charge in [-0.1, -0.05) is 13.8 Å². The Kier molecular flexibility index (Phi) is 4.30. The number of anilines is 3. The molecule has 1 aromatic heterocycles. The van der Waals surface area contributed by atoms with Gasteiger partial charge in [-0.3, -0.25) is 9.69 Å². The van der Waals surface area contributed by atoms with Crippen LogP contribution in [0.15, 0.2) is 24.4 Å². The SMILES string of the molecule is CC(C)C1COC(=O)N1c1cc(N)c2cnc(NC(=O)[C@H]3CC3C#N)cc2c1. The Bertz CT molecular complexity index is 1010. The van der Waals surface area contributed by atoms with E-state index in [1.165, 1.54) is 0 Å². The molecule has 144 valence electrons. The molecule has 8 heteroatoms. The predicted octanol–water partition coefficient (Wildman–Crippen LogP) is 2.90. The highest BCUT2D eigenvalue weighted by Gasteiger charge is 2.43. The van der Waals surface area contributed by atoms with E-state index in [0.717, 1.165) is 10.8 Å². The molecule has 2 heterocycles. The predicted molar refractivity (Wildman–Crippen MR) is 104 cm³/mol. The van der Waals surface area contributed by atoms with Crippen LogP contribution in [0.2, 0.25) is 0 Å². The number of ether oxygens (including phenoxy) is 1. The lowest BCUT2D eigenvalue weighted by Crippen LogP contribution is -2.37. The molecule has 8 nitrogen and oxygen atoms in total. The van der Waals surface area contributed by atoms with E-state index in [0.29, 0.717) is 30.2 Å². The molecule has 1 saturated heterocycles. The number of nitrogens with two attached hydrogens (primary N) is 1. The van der Waals surface area contributed by atoms with Gasteiger partial charge in [0.1, 0.15) is 12.4 Å². The number of aromatic nitrogens is 1. The molecule has 2 unspecified atom stereocenters. The molecule has 4 rings (SSSR count). The fraction of sp³-hybridized carbons (Fsp3) is 0.400. The van der Waals surface area contributed by atoms with Gasteiger partial charge in [-0.2, -0.15) is 5.26 Å². The molecule has 3 N–H and O–H groups in total. The molecule has 0 bridgehead atoms. The van der Waals surface area contributed by atoms with Crippen molar-refractivity contribution in [2.45, 2.75) is 26.3 Å². The second-order valence-electron chi connectivity index (χ2n) is 7.65. The fourth-order valence-electron chi connectivity index (χ4n) is 3.55. The van der Waals surface area contributed by atoms with Crippen LogP contribution in [-0.4, -0.2) is 29.6 Å². The number of hydrogen-bond acceptors (Lipinski definition) is 6. The van der Waals surface area contributed by atoms with Gasteiger partial charge in [0.25, 0.3) is 0 Å². The molecule has 0 spiro atoms. The van der Waals surface area contributed by atoms with Crippen LogP contribution < -0.4 is 16.0 Å². The number of benzene rings is 1. The number of carbonyl (C=O) groups is 2. The molecule has 28 heavy (non-hydrogen) atoms. The van der Waals surface area contributed by atoms with Crippen molar-refractivity contribution < 1.29 is 14.3 Å². The molecule has 1 saturated carbocycles. The smallest absolute Gasteiger partial charge is 0.414 e. The first-order valence-electron chi connectivity index (χ1n) is 9.24. The first-order valence-corrected chi connectivity index (χ1v) is 9.24. The lowest BCUT2D eigenvalue weighted by Gasteiger charge is -2.25. The van der Waals surface area contributed by atoms with Gasteiger partial charge in [-0.15, -0.1) is 0 Å². The van der Waals surface area contributed by atoms with E-state index < -0.39 is 6.09 Å². The highest BCUT2D eigenvalue weighted by atomic mass is 16.6. The summed E-state index contributed by atoms with van der Waals surface area (Å²) in [6.07, 6.45) is 1.79. The quantitative estimate of drug-likeness (QED) is 0.788. The standard InChI is InChI=1S/C20H21N5O3/c1-10(2)17-9-28-20(27)25(17)13-3-11-5-18(23-8-15(11)16(22)6-13)24-19(26)14-4-12(14)7-21/h3,5-6,8,10,12,14,17H,4,9,22H2,1-2H3,(H,23,24,26)/t12?,14-,17?/m0/s1. The van der Waals surface area contributed by atoms with Crippen molar-refractivity contribution in [2.75, 3.05) is 22.6 Å². The van der Waals surface area contributed by atoms with Crippen molar-refractivity contribution in [1.29, 1.82) is 5.26 Å². The fourth-order valence-corrected chi connectivity index (χ4v) is 3.55. The highest BCUT2D eigenvalue weighted by molar-refractivity contribution is 6.02. The van der Waals surface area contributed by atoms with Crippen molar-refractivity contribution in [3.63, 3.8) is 0 Å². The third-order valence-electron chi connectivity index (χ3n) is 5.35. The number of nitriles is 1. The second-order valence-corrected chi connectivity index (χ2v) is 7.65. The number of nitrogens with zero attached hydrogens (tertiary/aromatic N) is 3. The average Bonchev–Trinajstić information content (AvgIpc) is 3.35. The lowest BCUT2D eigenvalue weighted by molar-refractivity contribution is -0.117. The highest BCUT2D eigenvalue weighted by Crippen LogP contribution is 2.39. The van der Waals surface area contributed by atoms with Gasteiger partial charge in [0.2, 0.25) is 5.91 Å². The minimum Gasteiger partial charge on any atom is -0.447 e. The lowest BCUT2D eigenvalue weighted by atomic mass is 10.0. The van der Waals surface area contributed by atoms with Gasteiger partial charge >= 0.3 is 6.09 Å². The number of cyclic esters (lactones) is 1. The summed E-state index contributed by atoms with van der Waals surface area (Å²) in [5.41, 5.74) is 7.34. The van der Waals surface area contributed by atoms with Crippen molar-refractivity contribution >= 4 is 40.0 Å². The zero-order valence-electron chi connectivity index (χ0n) is 15.7. The van der Waals surface area contributed by atoms with Crippen LogP contribution >= 0.6 is 0 Å². The largest absolute Gasteiger partial charge is 0.447 e. The number of rotatable bonds is 4. The maximum atomic E-state index is 12.3. The number of nitrogens with one attached hydrogen (secondary N) is 1. The molecule has 2 aliphatic rings. The van der Waals surface area contributed by atoms with Crippen LogP contribution in [-0.2, 0) is 9.53 Å². The van der Waals surface area contributed by atoms with E-state index in [4.69, 9.17) is 15.7 Å². The van der Waals surface area contributed by atoms with Crippen molar-refractivity contribution in [3.05, 3.63) is 24.4 Å². The molecule has 2 fully saturated rings. The Morgan fingerprint density at radius 1 is 1.43 bits per heavy atom. The molecule has 0 radical (unpaired) electrons. The van der Waals surface area contributed by atoms with Gasteiger partial charge in [-0.05, 0) is 35.9 Å². The number of hydrogen-bond donors (Lipinski definition) is 2. The average molecular weight is 379 g/mol. The summed E-state index contributed by atoms with van der Waals surface area (Å²) in [6.45, 7) is 4.41. The maximum Gasteiger partial charge on any atom is 0.414 e. The Hall–Kier alpha value is -3.34. The summed E-state index contributed by atoms with van der Waals surface area (Å²) in [6, 6.07) is 7.35. The van der Waals surface area contributed by atoms with Crippen LogP contribution in [0.5, 0.6) is 0 Å². The molecule has 3 atom stereocenters. The van der Waals surface area contributed by atoms with E-state index in [9.17, 15) is 9.59 Å². The topological polar surface area (TPSA) is 121 Å². The van der Waals surface area contributed by atoms with E-state index in [2.05, 4.69) is 16.4 Å². The summed E-state index contributed by atoms with van der Waals surface area (Å²) in [5.74, 6) is -0.0724. The normalized spacial score (nSPS) is 23.6. The minimum atomic E-state index is -0.392. The Morgan fingerprint density at radius 3 is 2.89 bits per heavy atom. The first-order chi connectivity index (χ1) is 13.4. The van der Waals surface area contributed by atoms with Crippen molar-refractivity contribution in [1.82, 2.24) is 4.98 Å². The number of carbonyl (C=O) groups excluding carboxylic acids is 2. The van der Waals surface area contributed by atoms with Crippen LogP contribution in [0.1, 0.15) is 20.3 Å². The van der Waals surface area contributed by atoms with Crippen molar-refractivity contribution in [3.8, 4) is 6.07 Å². The molecule has 2 aromatic rings. The van der Waals surface area contributed by atoms with E-state index in [1.54, 1.807) is 23.2 Å². The van der Waals surface area contributed by atoms with E-state index in [1.807, 2.05) is 19.9 Å². The number of pyridine rings is 1. The summed E-state index contributed by atoms with van der Waals surface area (Å²) in [7, 11) is 0. The Morgan fingerprint density at radius 2 is 2.21 bits per heavy atom. The molecule has 1 aromatic carbocycles. The van der Waals surface area contributed by atoms with Gasteiger partial charge in [0.05, 0.1) is 29.6 Å². The van der Waals surface area contributed by atoms with Crippen LogP contribution in [0.4, 0.5) is 22.0 Å². The van der Waals surface area contributed by atoms with Crippen LogP contribution in [0.3, 0.4) is 0 Å². The summed E-state index contributed by atoms with van der Waals surface area (Å²) in [5, 5.41) is 13.1. The summed E-state index contributed by atoms with van der Waals surface area (Å²) in [4.78, 5) is 30.3. The molecule has 1 aliphatic carbocycles. The summed E-state index contributed by atoms with van der Waals surface area (Å²) >= 11 is 0. The van der Waals surface area contributed by atoms with Gasteiger partial charge in [0.15, 0.2) is 0 Å². The zero-order valence-corrected chi connectivity index (χ0v) is 15.7. The van der Waals surface area contributed by atoms with Gasteiger partial charge < -0.3 is 15.8 Å². The van der Waals surface area contributed by atoms with Crippen molar-refractivity contribution in [2.24, 2.45) is 17.8 Å². The second kappa shape index (κ2) is 6.68. The third-order valence-corrected chi connectivity index (χ3v) is 5.35. The number of fused-ring (bicyclic) bond motifs is 1. The van der Waals surface area contributed by atoms with E-state index >= 15 is 0 Å². The maximum absolute atomic E-state index is 12.3. The Labute approximate surface area is 162 Å². The molecule has 1 aliphatic heterocycles. The third kappa shape index (κ3) is 3.09. The minimum absolute atomic E-state index is 0.0665. The van der Waals surface area contributed by atoms with Crippen LogP contribution in [0.25, 0.3) is 10.8 Å². The number of nitrogen functional groups attached to an aromatic ring is 1. The summed E-state index contributed by atoms with van der Waals surface area (Å²) < 4.78 is 5.23. The molecular weight excluding hydrogens is 358 g/mol. The first kappa shape index (κ1) is 18.0. The molecule has 2 amide bonds. The van der Waals surface area contributed by atoms with Gasteiger partial charge in [-0.25, -0.2) is 9.78 Å². The van der Waals surface area contributed by atoms with E-state index in [-0.39, 0.29) is 29.7 Å². The Balaban J connectivity index is 1.66. The van der Waals surface area contributed by atoms with Gasteiger partial charge in [0, 0.05) is 17.3 Å². The molecular formula is C20H21N5O3. The zero-order chi connectivity index (χ0) is 20.0. The number of amides is 2.